The number of halogens is 1. The van der Waals surface area contributed by atoms with Crippen LogP contribution < -0.4 is 0 Å². The van der Waals surface area contributed by atoms with Gasteiger partial charge in [-0.15, -0.1) is 0 Å². The molecule has 2 aromatic carbocycles. The number of aromatic amines is 1. The number of nitrogens with one attached hydrogen (secondary N) is 1. The van der Waals surface area contributed by atoms with E-state index in [4.69, 9.17) is 11.6 Å². The van der Waals surface area contributed by atoms with Crippen LogP contribution in [0.5, 0.6) is 0 Å². The Bertz CT molecular complexity index is 670. The molecule has 0 fully saturated rings. The van der Waals surface area contributed by atoms with Crippen molar-refractivity contribution in [2.75, 3.05) is 0 Å². The Balaban J connectivity index is 2.12. The average Bonchev–Trinajstić information content (AvgIpc) is 2.82. The van der Waals surface area contributed by atoms with E-state index in [0.717, 1.165) is 10.5 Å². The summed E-state index contributed by atoms with van der Waals surface area (Å²) >= 11 is 6.08. The molecule has 1 heterocycles. The van der Waals surface area contributed by atoms with Crippen LogP contribution in [0.4, 0.5) is 0 Å². The smallest absolute Gasteiger partial charge is 0.0458 e. The fourth-order valence-corrected chi connectivity index (χ4v) is 2.57. The highest BCUT2D eigenvalue weighted by Crippen LogP contribution is 2.31. The minimum absolute atomic E-state index is 0.360. The quantitative estimate of drug-likeness (QED) is 0.665. The highest BCUT2D eigenvalue weighted by atomic mass is 35.5. The van der Waals surface area contributed by atoms with Gasteiger partial charge in [-0.3, -0.25) is 0 Å². The first-order valence-corrected chi connectivity index (χ1v) is 6.45. The van der Waals surface area contributed by atoms with E-state index in [-0.39, 0.29) is 0 Å². The number of benzene rings is 2. The number of hydrogen-bond acceptors (Lipinski definition) is 0. The summed E-state index contributed by atoms with van der Waals surface area (Å²) in [5.41, 5.74) is 3.74. The van der Waals surface area contributed by atoms with E-state index in [1.54, 1.807) is 0 Å². The number of rotatable bonds is 2. The molecule has 0 saturated carbocycles. The zero-order valence-electron chi connectivity index (χ0n) is 10.2. The topological polar surface area (TPSA) is 15.8 Å². The van der Waals surface area contributed by atoms with Crippen molar-refractivity contribution in [3.63, 3.8) is 0 Å². The standard InChI is InChI=1S/C16H14ClN/c1-11(12-5-3-2-4-6-12)15-10-18-16-8-7-13(17)9-14(15)16/h2-11,18H,1H3. The van der Waals surface area contributed by atoms with Crippen molar-refractivity contribution in [3.8, 4) is 0 Å². The lowest BCUT2D eigenvalue weighted by molar-refractivity contribution is 0.932. The zero-order chi connectivity index (χ0) is 12.5. The van der Waals surface area contributed by atoms with Crippen LogP contribution >= 0.6 is 11.6 Å². The molecule has 0 bridgehead atoms. The van der Waals surface area contributed by atoms with Gasteiger partial charge in [-0.1, -0.05) is 48.9 Å². The van der Waals surface area contributed by atoms with Crippen molar-refractivity contribution >= 4 is 22.5 Å². The molecule has 1 aromatic heterocycles. The summed E-state index contributed by atoms with van der Waals surface area (Å²) in [5.74, 6) is 0.360. The van der Waals surface area contributed by atoms with E-state index in [0.29, 0.717) is 5.92 Å². The SMILES string of the molecule is CC(c1ccccc1)c1c[nH]c2ccc(Cl)cc12. The van der Waals surface area contributed by atoms with Gasteiger partial charge in [-0.25, -0.2) is 0 Å². The lowest BCUT2D eigenvalue weighted by Crippen LogP contribution is -1.94. The fraction of sp³-hybridized carbons (Fsp3) is 0.125. The molecule has 1 nitrogen and oxygen atoms in total. The fourth-order valence-electron chi connectivity index (χ4n) is 2.39. The second kappa shape index (κ2) is 4.51. The zero-order valence-corrected chi connectivity index (χ0v) is 10.9. The molecule has 0 spiro atoms. The first-order chi connectivity index (χ1) is 8.75. The lowest BCUT2D eigenvalue weighted by Gasteiger charge is -2.11. The van der Waals surface area contributed by atoms with E-state index in [9.17, 15) is 0 Å². The Kier molecular flexibility index (Phi) is 2.85. The van der Waals surface area contributed by atoms with Gasteiger partial charge in [0, 0.05) is 28.0 Å². The van der Waals surface area contributed by atoms with Crippen LogP contribution in [-0.2, 0) is 0 Å². The van der Waals surface area contributed by atoms with Crippen molar-refractivity contribution in [1.29, 1.82) is 0 Å². The van der Waals surface area contributed by atoms with E-state index in [1.807, 2.05) is 24.3 Å². The first-order valence-electron chi connectivity index (χ1n) is 6.07. The maximum absolute atomic E-state index is 6.08. The normalized spacial score (nSPS) is 12.8. The molecular weight excluding hydrogens is 242 g/mol. The number of aromatic nitrogens is 1. The van der Waals surface area contributed by atoms with Gasteiger partial charge < -0.3 is 4.98 Å². The minimum atomic E-state index is 0.360. The molecule has 0 aliphatic carbocycles. The highest BCUT2D eigenvalue weighted by molar-refractivity contribution is 6.31. The summed E-state index contributed by atoms with van der Waals surface area (Å²) in [7, 11) is 0. The molecule has 0 amide bonds. The summed E-state index contributed by atoms with van der Waals surface area (Å²) in [6.07, 6.45) is 2.08. The molecule has 3 aromatic rings. The molecule has 1 N–H and O–H groups in total. The van der Waals surface area contributed by atoms with Gasteiger partial charge in [0.05, 0.1) is 0 Å². The monoisotopic (exact) mass is 255 g/mol. The number of fused-ring (bicyclic) bond motifs is 1. The van der Waals surface area contributed by atoms with Gasteiger partial charge >= 0.3 is 0 Å². The molecule has 18 heavy (non-hydrogen) atoms. The van der Waals surface area contributed by atoms with Crippen LogP contribution in [0.25, 0.3) is 10.9 Å². The van der Waals surface area contributed by atoms with Crippen LogP contribution in [0.2, 0.25) is 5.02 Å². The van der Waals surface area contributed by atoms with Gasteiger partial charge in [0.1, 0.15) is 0 Å². The highest BCUT2D eigenvalue weighted by Gasteiger charge is 2.13. The van der Waals surface area contributed by atoms with E-state index in [2.05, 4.69) is 42.4 Å². The number of H-pyrrole nitrogens is 1. The minimum Gasteiger partial charge on any atom is -0.361 e. The summed E-state index contributed by atoms with van der Waals surface area (Å²) < 4.78 is 0. The van der Waals surface area contributed by atoms with Crippen molar-refractivity contribution in [3.05, 3.63) is 70.9 Å². The molecular formula is C16H14ClN. The van der Waals surface area contributed by atoms with Crippen LogP contribution in [-0.4, -0.2) is 4.98 Å². The molecule has 2 heteroatoms. The van der Waals surface area contributed by atoms with Crippen molar-refractivity contribution in [1.82, 2.24) is 4.98 Å². The van der Waals surface area contributed by atoms with Crippen molar-refractivity contribution in [2.45, 2.75) is 12.8 Å². The van der Waals surface area contributed by atoms with Crippen LogP contribution in [0, 0.1) is 0 Å². The third kappa shape index (κ3) is 1.91. The second-order valence-electron chi connectivity index (χ2n) is 4.57. The maximum Gasteiger partial charge on any atom is 0.0458 e. The Hall–Kier alpha value is -1.73. The number of hydrogen-bond donors (Lipinski definition) is 1. The molecule has 90 valence electrons. The van der Waals surface area contributed by atoms with Crippen molar-refractivity contribution < 1.29 is 0 Å². The van der Waals surface area contributed by atoms with Crippen LogP contribution in [0.3, 0.4) is 0 Å². The summed E-state index contributed by atoms with van der Waals surface area (Å²) in [4.78, 5) is 3.31. The largest absolute Gasteiger partial charge is 0.361 e. The average molecular weight is 256 g/mol. The Labute approximate surface area is 111 Å². The Morgan fingerprint density at radius 3 is 2.61 bits per heavy atom. The second-order valence-corrected chi connectivity index (χ2v) is 5.00. The van der Waals surface area contributed by atoms with Crippen LogP contribution in [0.1, 0.15) is 24.0 Å². The van der Waals surface area contributed by atoms with Gasteiger partial charge in [0.15, 0.2) is 0 Å². The molecule has 0 aliphatic rings. The van der Waals surface area contributed by atoms with E-state index < -0.39 is 0 Å². The first kappa shape index (κ1) is 11.4. The lowest BCUT2D eigenvalue weighted by atomic mass is 9.93. The van der Waals surface area contributed by atoms with E-state index >= 15 is 0 Å². The maximum atomic E-state index is 6.08. The molecule has 0 aliphatic heterocycles. The molecule has 0 radical (unpaired) electrons. The predicted octanol–water partition coefficient (Wildman–Crippen LogP) is 4.97. The summed E-state index contributed by atoms with van der Waals surface area (Å²) in [6, 6.07) is 16.5. The third-order valence-corrected chi connectivity index (χ3v) is 3.68. The molecule has 3 rings (SSSR count). The van der Waals surface area contributed by atoms with Gasteiger partial charge in [-0.2, -0.15) is 0 Å². The predicted molar refractivity (Wildman–Crippen MR) is 77.3 cm³/mol. The Morgan fingerprint density at radius 2 is 1.83 bits per heavy atom. The molecule has 1 unspecified atom stereocenters. The molecule has 1 atom stereocenters. The van der Waals surface area contributed by atoms with Gasteiger partial charge in [-0.05, 0) is 29.3 Å². The third-order valence-electron chi connectivity index (χ3n) is 3.44. The molecule has 0 saturated heterocycles. The van der Waals surface area contributed by atoms with Gasteiger partial charge in [0.2, 0.25) is 0 Å². The summed E-state index contributed by atoms with van der Waals surface area (Å²) in [6.45, 7) is 2.22. The van der Waals surface area contributed by atoms with E-state index in [1.165, 1.54) is 16.5 Å². The van der Waals surface area contributed by atoms with Gasteiger partial charge in [0.25, 0.3) is 0 Å². The van der Waals surface area contributed by atoms with Crippen LogP contribution in [0.15, 0.2) is 54.7 Å². The van der Waals surface area contributed by atoms with Crippen molar-refractivity contribution in [2.24, 2.45) is 0 Å². The Morgan fingerprint density at radius 1 is 1.06 bits per heavy atom. The summed E-state index contributed by atoms with van der Waals surface area (Å²) in [5, 5.41) is 1.99.